The highest BCUT2D eigenvalue weighted by Gasteiger charge is 2.72. The Hall–Kier alpha value is -1.67. The number of carbonyl (C=O) groups excluding carboxylic acids is 1. The van der Waals surface area contributed by atoms with Crippen molar-refractivity contribution < 1.29 is 19.8 Å². The summed E-state index contributed by atoms with van der Waals surface area (Å²) in [4.78, 5) is 26.0. The number of carboxylic acid groups (broad SMARTS) is 1. The standard InChI is InChI=1S/C31H45NO4/c1-26(2)10-12-31(25(35)36)13-11-30(7)23(19(31)16-26)20(33)14-22-28(5)15-18(17-32)24(34)27(3,4)21(28)8-9-29(22,30)6/h15,19-23,33H,8-14,16H2,1-7H3,(H,35,36)/t19-,20?,21-,22?,23-,28-,29+,30+,31-/m0/s1. The Morgan fingerprint density at radius 3 is 2.22 bits per heavy atom. The smallest absolute Gasteiger partial charge is 0.309 e. The summed E-state index contributed by atoms with van der Waals surface area (Å²) in [6, 6.07) is 2.20. The molecule has 5 rings (SSSR count). The van der Waals surface area contributed by atoms with Gasteiger partial charge in [-0.2, -0.15) is 5.26 Å². The van der Waals surface area contributed by atoms with Crippen LogP contribution in [0.15, 0.2) is 11.6 Å². The number of allylic oxidation sites excluding steroid dienone is 2. The number of aliphatic hydroxyl groups is 1. The fraction of sp³-hybridized carbons (Fsp3) is 0.839. The number of aliphatic hydroxyl groups excluding tert-OH is 1. The molecule has 0 aromatic carbocycles. The molecule has 36 heavy (non-hydrogen) atoms. The lowest BCUT2D eigenvalue weighted by Crippen LogP contribution is -2.70. The number of hydrogen-bond donors (Lipinski definition) is 2. The molecule has 5 aliphatic rings. The molecule has 5 aliphatic carbocycles. The van der Waals surface area contributed by atoms with Gasteiger partial charge >= 0.3 is 5.97 Å². The van der Waals surface area contributed by atoms with E-state index in [0.29, 0.717) is 19.3 Å². The van der Waals surface area contributed by atoms with Crippen molar-refractivity contribution in [2.24, 2.45) is 56.2 Å². The minimum Gasteiger partial charge on any atom is -0.481 e. The molecule has 2 unspecified atom stereocenters. The van der Waals surface area contributed by atoms with Crippen LogP contribution >= 0.6 is 0 Å². The number of hydrogen-bond acceptors (Lipinski definition) is 4. The van der Waals surface area contributed by atoms with Crippen molar-refractivity contribution in [3.63, 3.8) is 0 Å². The van der Waals surface area contributed by atoms with Gasteiger partial charge in [0, 0.05) is 5.41 Å². The lowest BCUT2D eigenvalue weighted by Gasteiger charge is -2.73. The molecule has 0 aliphatic heterocycles. The van der Waals surface area contributed by atoms with E-state index in [9.17, 15) is 25.1 Å². The lowest BCUT2D eigenvalue weighted by molar-refractivity contribution is -0.260. The maximum Gasteiger partial charge on any atom is 0.309 e. The van der Waals surface area contributed by atoms with Crippen LogP contribution in [0.1, 0.15) is 99.8 Å². The molecule has 0 amide bonds. The van der Waals surface area contributed by atoms with Gasteiger partial charge in [0.05, 0.1) is 17.1 Å². The highest BCUT2D eigenvalue weighted by molar-refractivity contribution is 6.04. The molecular formula is C31H45NO4. The summed E-state index contributed by atoms with van der Waals surface area (Å²) >= 11 is 0. The number of fused-ring (bicyclic) bond motifs is 7. The molecule has 198 valence electrons. The quantitative estimate of drug-likeness (QED) is 0.454. The Balaban J connectivity index is 1.64. The van der Waals surface area contributed by atoms with Crippen LogP contribution in [0.3, 0.4) is 0 Å². The van der Waals surface area contributed by atoms with Crippen LogP contribution in [0.5, 0.6) is 0 Å². The summed E-state index contributed by atoms with van der Waals surface area (Å²) in [7, 11) is 0. The number of nitriles is 1. The van der Waals surface area contributed by atoms with E-state index in [2.05, 4.69) is 40.7 Å². The molecule has 4 fully saturated rings. The summed E-state index contributed by atoms with van der Waals surface area (Å²) in [5, 5.41) is 32.4. The van der Waals surface area contributed by atoms with Crippen molar-refractivity contribution in [3.8, 4) is 6.07 Å². The largest absolute Gasteiger partial charge is 0.481 e. The molecule has 0 saturated heterocycles. The average Bonchev–Trinajstić information content (AvgIpc) is 2.77. The van der Waals surface area contributed by atoms with Crippen LogP contribution in [0.25, 0.3) is 0 Å². The minimum atomic E-state index is -0.738. The first kappa shape index (κ1) is 26.0. The third-order valence-electron chi connectivity index (χ3n) is 13.1. The van der Waals surface area contributed by atoms with E-state index in [4.69, 9.17) is 0 Å². The first-order chi connectivity index (χ1) is 16.5. The topological polar surface area (TPSA) is 98.4 Å². The number of ketones is 1. The van der Waals surface area contributed by atoms with Gasteiger partial charge in [0.1, 0.15) is 6.07 Å². The zero-order valence-electron chi connectivity index (χ0n) is 23.3. The molecule has 0 bridgehead atoms. The normalized spacial score (nSPS) is 50.9. The zero-order valence-corrected chi connectivity index (χ0v) is 23.3. The molecule has 2 N–H and O–H groups in total. The Morgan fingerprint density at radius 2 is 1.61 bits per heavy atom. The third-order valence-corrected chi connectivity index (χ3v) is 13.1. The lowest BCUT2D eigenvalue weighted by atomic mass is 9.31. The number of nitrogens with zero attached hydrogens (tertiary/aromatic N) is 1. The van der Waals surface area contributed by atoms with Crippen molar-refractivity contribution in [2.75, 3.05) is 0 Å². The van der Waals surface area contributed by atoms with Gasteiger partial charge < -0.3 is 10.2 Å². The Labute approximate surface area is 216 Å². The maximum atomic E-state index is 13.2. The van der Waals surface area contributed by atoms with Crippen LogP contribution in [0, 0.1) is 67.5 Å². The number of aliphatic carboxylic acids is 1. The highest BCUT2D eigenvalue weighted by atomic mass is 16.4. The SMILES string of the molecule is CC1(C)CC[C@]2(C(=O)O)CC[C@]3(C)[C@H](C(O)CC4[C@@]5(C)C=C(C#N)C(=O)C(C)(C)[C@@H]5CC[C@]43C)[C@@H]2C1. The Bertz CT molecular complexity index is 1080. The number of rotatable bonds is 1. The monoisotopic (exact) mass is 495 g/mol. The molecule has 5 heteroatoms. The highest BCUT2D eigenvalue weighted by Crippen LogP contribution is 2.76. The van der Waals surface area contributed by atoms with E-state index in [1.165, 1.54) is 0 Å². The van der Waals surface area contributed by atoms with E-state index in [-0.39, 0.29) is 56.7 Å². The van der Waals surface area contributed by atoms with Crippen molar-refractivity contribution in [3.05, 3.63) is 11.6 Å². The second-order valence-corrected chi connectivity index (χ2v) is 15.3. The molecule has 4 saturated carbocycles. The average molecular weight is 496 g/mol. The molecule has 5 nitrogen and oxygen atoms in total. The molecule has 9 atom stereocenters. The summed E-state index contributed by atoms with van der Waals surface area (Å²) in [5.74, 6) is -0.564. The predicted molar refractivity (Wildman–Crippen MR) is 138 cm³/mol. The second kappa shape index (κ2) is 7.46. The van der Waals surface area contributed by atoms with E-state index in [1.807, 2.05) is 19.9 Å². The van der Waals surface area contributed by atoms with Crippen LogP contribution in [0.2, 0.25) is 0 Å². The fourth-order valence-corrected chi connectivity index (χ4v) is 11.0. The molecule has 0 aromatic rings. The van der Waals surface area contributed by atoms with Crippen LogP contribution in [-0.2, 0) is 9.59 Å². The van der Waals surface area contributed by atoms with Gasteiger partial charge in [0.15, 0.2) is 5.78 Å². The van der Waals surface area contributed by atoms with Crippen molar-refractivity contribution >= 4 is 11.8 Å². The van der Waals surface area contributed by atoms with Gasteiger partial charge in [-0.05, 0) is 96.7 Å². The van der Waals surface area contributed by atoms with E-state index < -0.39 is 22.9 Å². The van der Waals surface area contributed by atoms with Crippen LogP contribution in [0.4, 0.5) is 0 Å². The molecule has 0 heterocycles. The molecule has 0 spiro atoms. The fourth-order valence-electron chi connectivity index (χ4n) is 11.0. The van der Waals surface area contributed by atoms with Crippen molar-refractivity contribution in [1.82, 2.24) is 0 Å². The molecular weight excluding hydrogens is 450 g/mol. The van der Waals surface area contributed by atoms with Crippen LogP contribution in [-0.4, -0.2) is 28.1 Å². The minimum absolute atomic E-state index is 0.0367. The van der Waals surface area contributed by atoms with E-state index in [0.717, 1.165) is 32.1 Å². The van der Waals surface area contributed by atoms with Gasteiger partial charge in [-0.25, -0.2) is 0 Å². The van der Waals surface area contributed by atoms with E-state index >= 15 is 0 Å². The summed E-state index contributed by atoms with van der Waals surface area (Å²) in [6.07, 6.45) is 7.82. The Morgan fingerprint density at radius 1 is 0.972 bits per heavy atom. The first-order valence-electron chi connectivity index (χ1n) is 14.1. The summed E-state index contributed by atoms with van der Waals surface area (Å²) < 4.78 is 0. The molecule has 0 aromatic heterocycles. The van der Waals surface area contributed by atoms with Gasteiger partial charge in [0.25, 0.3) is 0 Å². The number of Topliss-reactive ketones (excluding diaryl/α,β-unsaturated/α-hetero) is 1. The van der Waals surface area contributed by atoms with Gasteiger partial charge in [-0.3, -0.25) is 9.59 Å². The maximum absolute atomic E-state index is 13.2. The molecule has 0 radical (unpaired) electrons. The number of carbonyl (C=O) groups is 2. The van der Waals surface area contributed by atoms with Gasteiger partial charge in [0.2, 0.25) is 0 Å². The zero-order chi connectivity index (χ0) is 26.7. The predicted octanol–water partition coefficient (Wildman–Crippen LogP) is 6.16. The summed E-state index contributed by atoms with van der Waals surface area (Å²) in [6.45, 7) is 15.5. The first-order valence-corrected chi connectivity index (χ1v) is 14.1. The van der Waals surface area contributed by atoms with Crippen molar-refractivity contribution in [1.29, 1.82) is 5.26 Å². The Kier molecular flexibility index (Phi) is 5.38. The van der Waals surface area contributed by atoms with E-state index in [1.54, 1.807) is 0 Å². The van der Waals surface area contributed by atoms with Gasteiger partial charge in [-0.15, -0.1) is 0 Å². The van der Waals surface area contributed by atoms with Gasteiger partial charge in [-0.1, -0.05) is 54.5 Å². The van der Waals surface area contributed by atoms with Crippen molar-refractivity contribution in [2.45, 2.75) is 106 Å². The van der Waals surface area contributed by atoms with Crippen LogP contribution < -0.4 is 0 Å². The second-order valence-electron chi connectivity index (χ2n) is 15.3. The third kappa shape index (κ3) is 2.97. The number of carboxylic acids is 1. The summed E-state index contributed by atoms with van der Waals surface area (Å²) in [5.41, 5.74) is -1.69.